The molecule has 1 heterocycles. The highest BCUT2D eigenvalue weighted by Crippen LogP contribution is 2.44. The topological polar surface area (TPSA) is 96.6 Å². The van der Waals surface area contributed by atoms with E-state index < -0.39 is 18.3 Å². The fourth-order valence-corrected chi connectivity index (χ4v) is 4.24. The molecule has 0 bridgehead atoms. The molecule has 0 fully saturated rings. The summed E-state index contributed by atoms with van der Waals surface area (Å²) in [6.45, 7) is 2.20. The number of alkyl carbamates (subject to hydrolysis) is 1. The Morgan fingerprint density at radius 3 is 2.32 bits per heavy atom. The standard InChI is InChI=1S/C24H27N3O4/c1-15-20(13-27(2)26-15)23(29)22(28)11-12-25-24(30)31-14-21-18-9-5-3-7-16(18)17-8-4-6-10-19(17)21/h3-10,13,21-23,28-29H,11-12,14H2,1-2H3,(H,25,30). The average molecular weight is 421 g/mol. The monoisotopic (exact) mass is 421 g/mol. The van der Waals surface area contributed by atoms with E-state index in [1.165, 1.54) is 11.1 Å². The lowest BCUT2D eigenvalue weighted by molar-refractivity contribution is 0.0133. The van der Waals surface area contributed by atoms with Crippen molar-refractivity contribution in [3.05, 3.63) is 77.1 Å². The van der Waals surface area contributed by atoms with E-state index in [1.807, 2.05) is 24.3 Å². The molecule has 0 aliphatic heterocycles. The lowest BCUT2D eigenvalue weighted by Gasteiger charge is -2.18. The fraction of sp³-hybridized carbons (Fsp3) is 0.333. The minimum Gasteiger partial charge on any atom is -0.449 e. The number of aliphatic hydroxyl groups excluding tert-OH is 2. The van der Waals surface area contributed by atoms with Crippen LogP contribution in [0, 0.1) is 6.92 Å². The molecule has 7 nitrogen and oxygen atoms in total. The molecule has 2 unspecified atom stereocenters. The van der Waals surface area contributed by atoms with Gasteiger partial charge in [-0.1, -0.05) is 48.5 Å². The van der Waals surface area contributed by atoms with Crippen molar-refractivity contribution >= 4 is 6.09 Å². The minimum absolute atomic E-state index is 0.000816. The van der Waals surface area contributed by atoms with Crippen molar-refractivity contribution in [3.8, 4) is 11.1 Å². The Morgan fingerprint density at radius 1 is 1.13 bits per heavy atom. The maximum atomic E-state index is 12.2. The number of nitrogens with zero attached hydrogens (tertiary/aromatic N) is 2. The van der Waals surface area contributed by atoms with Crippen molar-refractivity contribution in [2.24, 2.45) is 7.05 Å². The Kier molecular flexibility index (Phi) is 6.06. The predicted molar refractivity (Wildman–Crippen MR) is 117 cm³/mol. The van der Waals surface area contributed by atoms with Crippen LogP contribution in [0.1, 0.15) is 40.8 Å². The Balaban J connectivity index is 1.29. The number of amides is 1. The molecule has 7 heteroatoms. The third-order valence-corrected chi connectivity index (χ3v) is 5.79. The highest BCUT2D eigenvalue weighted by molar-refractivity contribution is 5.79. The molecular weight excluding hydrogens is 394 g/mol. The summed E-state index contributed by atoms with van der Waals surface area (Å²) in [6.07, 6.45) is -0.738. The smallest absolute Gasteiger partial charge is 0.407 e. The molecule has 2 atom stereocenters. The van der Waals surface area contributed by atoms with Gasteiger partial charge in [0.05, 0.1) is 11.8 Å². The lowest BCUT2D eigenvalue weighted by Crippen LogP contribution is -2.30. The second kappa shape index (κ2) is 8.91. The molecule has 2 aromatic carbocycles. The van der Waals surface area contributed by atoms with Gasteiger partial charge < -0.3 is 20.3 Å². The summed E-state index contributed by atoms with van der Waals surface area (Å²) in [7, 11) is 1.76. The van der Waals surface area contributed by atoms with Gasteiger partial charge in [-0.3, -0.25) is 4.68 Å². The number of hydrogen-bond acceptors (Lipinski definition) is 5. The van der Waals surface area contributed by atoms with E-state index in [9.17, 15) is 15.0 Å². The zero-order valence-corrected chi connectivity index (χ0v) is 17.7. The minimum atomic E-state index is -1.06. The average Bonchev–Trinajstić information content (AvgIpc) is 3.28. The molecule has 3 aromatic rings. The molecular formula is C24H27N3O4. The van der Waals surface area contributed by atoms with Crippen molar-refractivity contribution in [3.63, 3.8) is 0 Å². The summed E-state index contributed by atoms with van der Waals surface area (Å²) in [5.41, 5.74) is 5.91. The number of aromatic nitrogens is 2. The first-order valence-electron chi connectivity index (χ1n) is 10.4. The Morgan fingerprint density at radius 2 is 1.74 bits per heavy atom. The first-order valence-corrected chi connectivity index (χ1v) is 10.4. The SMILES string of the molecule is Cc1nn(C)cc1C(O)C(O)CCNC(=O)OCC1c2ccccc2-c2ccccc21. The van der Waals surface area contributed by atoms with Crippen LogP contribution in [0.4, 0.5) is 4.79 Å². The molecule has 3 N–H and O–H groups in total. The van der Waals surface area contributed by atoms with Crippen LogP contribution in [-0.4, -0.2) is 45.3 Å². The second-order valence-electron chi connectivity index (χ2n) is 7.90. The summed E-state index contributed by atoms with van der Waals surface area (Å²) in [5, 5.41) is 27.4. The highest BCUT2D eigenvalue weighted by Gasteiger charge is 2.29. The first kappa shape index (κ1) is 21.1. The number of ether oxygens (including phenoxy) is 1. The lowest BCUT2D eigenvalue weighted by atomic mass is 9.98. The van der Waals surface area contributed by atoms with Crippen LogP contribution in [0.25, 0.3) is 11.1 Å². The van der Waals surface area contributed by atoms with Crippen LogP contribution in [0.15, 0.2) is 54.7 Å². The van der Waals surface area contributed by atoms with E-state index in [0.717, 1.165) is 11.1 Å². The molecule has 162 valence electrons. The van der Waals surface area contributed by atoms with E-state index in [-0.39, 0.29) is 25.5 Å². The second-order valence-corrected chi connectivity index (χ2v) is 7.90. The maximum absolute atomic E-state index is 12.2. The zero-order valence-electron chi connectivity index (χ0n) is 17.7. The normalized spacial score (nSPS) is 14.6. The van der Waals surface area contributed by atoms with Crippen LogP contribution in [0.3, 0.4) is 0 Å². The van der Waals surface area contributed by atoms with Crippen LogP contribution >= 0.6 is 0 Å². The number of benzene rings is 2. The number of fused-ring (bicyclic) bond motifs is 3. The van der Waals surface area contributed by atoms with E-state index >= 15 is 0 Å². The van der Waals surface area contributed by atoms with E-state index in [0.29, 0.717) is 11.3 Å². The van der Waals surface area contributed by atoms with Gasteiger partial charge in [-0.2, -0.15) is 5.10 Å². The van der Waals surface area contributed by atoms with E-state index in [2.05, 4.69) is 34.7 Å². The van der Waals surface area contributed by atoms with Crippen LogP contribution < -0.4 is 5.32 Å². The molecule has 31 heavy (non-hydrogen) atoms. The van der Waals surface area contributed by atoms with Gasteiger partial charge in [0.2, 0.25) is 0 Å². The van der Waals surface area contributed by atoms with Crippen molar-refractivity contribution in [1.82, 2.24) is 15.1 Å². The quantitative estimate of drug-likeness (QED) is 0.545. The van der Waals surface area contributed by atoms with Gasteiger partial charge in [0.1, 0.15) is 12.7 Å². The van der Waals surface area contributed by atoms with Gasteiger partial charge in [0.15, 0.2) is 0 Å². The van der Waals surface area contributed by atoms with Gasteiger partial charge in [0, 0.05) is 31.3 Å². The molecule has 1 aliphatic carbocycles. The molecule has 1 aromatic heterocycles. The maximum Gasteiger partial charge on any atom is 0.407 e. The molecule has 0 saturated heterocycles. The summed E-state index contributed by atoms with van der Waals surface area (Å²) < 4.78 is 7.07. The van der Waals surface area contributed by atoms with Gasteiger partial charge >= 0.3 is 6.09 Å². The Bertz CT molecular complexity index is 1030. The number of nitrogens with one attached hydrogen (secondary N) is 1. The zero-order chi connectivity index (χ0) is 22.0. The summed E-state index contributed by atoms with van der Waals surface area (Å²) >= 11 is 0. The third kappa shape index (κ3) is 4.33. The summed E-state index contributed by atoms with van der Waals surface area (Å²) in [5.74, 6) is -0.000816. The van der Waals surface area contributed by atoms with Gasteiger partial charge in [0.25, 0.3) is 0 Å². The van der Waals surface area contributed by atoms with Crippen LogP contribution in [0.2, 0.25) is 0 Å². The summed E-state index contributed by atoms with van der Waals surface area (Å²) in [4.78, 5) is 12.2. The molecule has 1 amide bonds. The van der Waals surface area contributed by atoms with Gasteiger partial charge in [-0.15, -0.1) is 0 Å². The molecule has 0 radical (unpaired) electrons. The van der Waals surface area contributed by atoms with Crippen LogP contribution in [-0.2, 0) is 11.8 Å². The highest BCUT2D eigenvalue weighted by atomic mass is 16.5. The van der Waals surface area contributed by atoms with Crippen molar-refractivity contribution in [2.45, 2.75) is 31.5 Å². The third-order valence-electron chi connectivity index (χ3n) is 5.79. The van der Waals surface area contributed by atoms with Gasteiger partial charge in [-0.05, 0) is 35.6 Å². The number of aliphatic hydroxyl groups is 2. The summed E-state index contributed by atoms with van der Waals surface area (Å²) in [6, 6.07) is 16.3. The largest absolute Gasteiger partial charge is 0.449 e. The van der Waals surface area contributed by atoms with Crippen molar-refractivity contribution < 1.29 is 19.7 Å². The van der Waals surface area contributed by atoms with E-state index in [4.69, 9.17) is 4.74 Å². The Labute approximate surface area is 181 Å². The number of carbonyl (C=O) groups excluding carboxylic acids is 1. The van der Waals surface area contributed by atoms with Crippen LogP contribution in [0.5, 0.6) is 0 Å². The molecule has 1 aliphatic rings. The predicted octanol–water partition coefficient (Wildman–Crippen LogP) is 3.05. The molecule has 0 spiro atoms. The Hall–Kier alpha value is -3.16. The van der Waals surface area contributed by atoms with Gasteiger partial charge in [-0.25, -0.2) is 4.79 Å². The number of hydrogen-bond donors (Lipinski definition) is 3. The van der Waals surface area contributed by atoms with Crippen molar-refractivity contribution in [2.75, 3.05) is 13.2 Å². The van der Waals surface area contributed by atoms with E-state index in [1.54, 1.807) is 24.9 Å². The number of aryl methyl sites for hydroxylation is 2. The number of rotatable bonds is 7. The number of carbonyl (C=O) groups is 1. The first-order chi connectivity index (χ1) is 15.0. The van der Waals surface area contributed by atoms with Crippen molar-refractivity contribution in [1.29, 1.82) is 0 Å². The molecule has 4 rings (SSSR count). The fourth-order valence-electron chi connectivity index (χ4n) is 4.24. The molecule has 0 saturated carbocycles.